The SMILES string of the molecule is CC(C)c1cccnc1C1(C(=O)O)CCCC1. The predicted molar refractivity (Wildman–Crippen MR) is 66.1 cm³/mol. The van der Waals surface area contributed by atoms with Crippen molar-refractivity contribution in [1.29, 1.82) is 0 Å². The molecule has 1 N–H and O–H groups in total. The molecule has 1 aromatic rings. The second-order valence-electron chi connectivity index (χ2n) is 5.19. The molecule has 0 radical (unpaired) electrons. The molecule has 1 heterocycles. The normalized spacial score (nSPS) is 18.5. The van der Waals surface area contributed by atoms with Crippen LogP contribution in [0.2, 0.25) is 0 Å². The van der Waals surface area contributed by atoms with E-state index in [9.17, 15) is 9.90 Å². The molecular weight excluding hydrogens is 214 g/mol. The van der Waals surface area contributed by atoms with Gasteiger partial charge < -0.3 is 5.11 Å². The van der Waals surface area contributed by atoms with Crippen molar-refractivity contribution in [2.75, 3.05) is 0 Å². The van der Waals surface area contributed by atoms with E-state index in [-0.39, 0.29) is 0 Å². The number of aliphatic carboxylic acids is 1. The summed E-state index contributed by atoms with van der Waals surface area (Å²) < 4.78 is 0. The van der Waals surface area contributed by atoms with Gasteiger partial charge in [-0.05, 0) is 30.4 Å². The highest BCUT2D eigenvalue weighted by molar-refractivity contribution is 5.81. The van der Waals surface area contributed by atoms with E-state index in [0.29, 0.717) is 5.92 Å². The first kappa shape index (κ1) is 12.1. The maximum atomic E-state index is 11.7. The lowest BCUT2D eigenvalue weighted by atomic mass is 9.78. The van der Waals surface area contributed by atoms with Crippen LogP contribution in [0.25, 0.3) is 0 Å². The lowest BCUT2D eigenvalue weighted by Gasteiger charge is -2.26. The first-order chi connectivity index (χ1) is 8.08. The molecule has 92 valence electrons. The Morgan fingerprint density at radius 1 is 1.41 bits per heavy atom. The number of hydrogen-bond donors (Lipinski definition) is 1. The summed E-state index contributed by atoms with van der Waals surface area (Å²) in [6, 6.07) is 3.90. The molecule has 0 saturated heterocycles. The van der Waals surface area contributed by atoms with Crippen molar-refractivity contribution in [3.8, 4) is 0 Å². The highest BCUT2D eigenvalue weighted by atomic mass is 16.4. The Balaban J connectivity index is 2.54. The molecule has 1 aliphatic rings. The topological polar surface area (TPSA) is 50.2 Å². The molecule has 0 bridgehead atoms. The summed E-state index contributed by atoms with van der Waals surface area (Å²) >= 11 is 0. The van der Waals surface area contributed by atoms with E-state index in [1.165, 1.54) is 0 Å². The molecule has 0 unspecified atom stereocenters. The zero-order valence-electron chi connectivity index (χ0n) is 10.4. The maximum absolute atomic E-state index is 11.7. The van der Waals surface area contributed by atoms with E-state index < -0.39 is 11.4 Å². The summed E-state index contributed by atoms with van der Waals surface area (Å²) in [5.41, 5.74) is 1.14. The Labute approximate surface area is 102 Å². The first-order valence-corrected chi connectivity index (χ1v) is 6.27. The Hall–Kier alpha value is -1.38. The summed E-state index contributed by atoms with van der Waals surface area (Å²) in [5.74, 6) is -0.397. The van der Waals surface area contributed by atoms with E-state index in [0.717, 1.165) is 36.9 Å². The smallest absolute Gasteiger partial charge is 0.315 e. The van der Waals surface area contributed by atoms with Gasteiger partial charge in [0.2, 0.25) is 0 Å². The van der Waals surface area contributed by atoms with Gasteiger partial charge in [-0.3, -0.25) is 9.78 Å². The fraction of sp³-hybridized carbons (Fsp3) is 0.571. The number of pyridine rings is 1. The highest BCUT2D eigenvalue weighted by Crippen LogP contribution is 2.42. The van der Waals surface area contributed by atoms with Gasteiger partial charge in [0.1, 0.15) is 5.41 Å². The van der Waals surface area contributed by atoms with Crippen molar-refractivity contribution < 1.29 is 9.90 Å². The molecule has 0 atom stereocenters. The van der Waals surface area contributed by atoms with Gasteiger partial charge in [-0.2, -0.15) is 0 Å². The van der Waals surface area contributed by atoms with Crippen LogP contribution in [-0.4, -0.2) is 16.1 Å². The standard InChI is InChI=1S/C14H19NO2/c1-10(2)11-6-5-9-15-12(11)14(13(16)17)7-3-4-8-14/h5-6,9-10H,3-4,7-8H2,1-2H3,(H,16,17). The van der Waals surface area contributed by atoms with E-state index >= 15 is 0 Å². The third kappa shape index (κ3) is 1.94. The Bertz CT molecular complexity index is 420. The van der Waals surface area contributed by atoms with Crippen LogP contribution in [0.1, 0.15) is 56.7 Å². The molecule has 3 nitrogen and oxygen atoms in total. The average Bonchev–Trinajstić information content (AvgIpc) is 2.79. The van der Waals surface area contributed by atoms with Gasteiger partial charge in [-0.25, -0.2) is 0 Å². The average molecular weight is 233 g/mol. The number of aromatic nitrogens is 1. The molecule has 1 fully saturated rings. The molecule has 17 heavy (non-hydrogen) atoms. The van der Waals surface area contributed by atoms with Crippen molar-refractivity contribution >= 4 is 5.97 Å². The molecule has 1 aliphatic carbocycles. The molecule has 1 saturated carbocycles. The lowest BCUT2D eigenvalue weighted by molar-refractivity contribution is -0.143. The summed E-state index contributed by atoms with van der Waals surface area (Å²) in [5, 5.41) is 9.58. The quantitative estimate of drug-likeness (QED) is 0.872. The van der Waals surface area contributed by atoms with Crippen LogP contribution in [0.4, 0.5) is 0 Å². The van der Waals surface area contributed by atoms with Crippen LogP contribution < -0.4 is 0 Å². The second-order valence-corrected chi connectivity index (χ2v) is 5.19. The van der Waals surface area contributed by atoms with Gasteiger partial charge in [0.05, 0.1) is 5.69 Å². The zero-order valence-corrected chi connectivity index (χ0v) is 10.4. The summed E-state index contributed by atoms with van der Waals surface area (Å²) in [4.78, 5) is 16.1. The van der Waals surface area contributed by atoms with Crippen LogP contribution >= 0.6 is 0 Å². The molecule has 0 aliphatic heterocycles. The Morgan fingerprint density at radius 3 is 2.59 bits per heavy atom. The number of carboxylic acids is 1. The van der Waals surface area contributed by atoms with Crippen LogP contribution in [0.15, 0.2) is 18.3 Å². The van der Waals surface area contributed by atoms with Crippen LogP contribution in [0.3, 0.4) is 0 Å². The molecule has 0 spiro atoms. The van der Waals surface area contributed by atoms with Gasteiger partial charge in [-0.1, -0.05) is 32.8 Å². The Kier molecular flexibility index (Phi) is 3.18. The molecular formula is C14H19NO2. The fourth-order valence-electron chi connectivity index (χ4n) is 2.81. The minimum Gasteiger partial charge on any atom is -0.481 e. The lowest BCUT2D eigenvalue weighted by Crippen LogP contribution is -2.35. The van der Waals surface area contributed by atoms with E-state index in [1.807, 2.05) is 12.1 Å². The van der Waals surface area contributed by atoms with Gasteiger partial charge in [0.15, 0.2) is 0 Å². The minimum atomic E-state index is -0.735. The van der Waals surface area contributed by atoms with Gasteiger partial charge >= 0.3 is 5.97 Å². The third-order valence-electron chi connectivity index (χ3n) is 3.78. The van der Waals surface area contributed by atoms with Gasteiger partial charge in [-0.15, -0.1) is 0 Å². The summed E-state index contributed by atoms with van der Waals surface area (Å²) in [6.45, 7) is 4.18. The molecule has 0 aromatic carbocycles. The number of carbonyl (C=O) groups is 1. The van der Waals surface area contributed by atoms with Crippen molar-refractivity contribution in [3.05, 3.63) is 29.6 Å². The van der Waals surface area contributed by atoms with Gasteiger partial charge in [0, 0.05) is 6.20 Å². The van der Waals surface area contributed by atoms with Crippen molar-refractivity contribution in [2.45, 2.75) is 50.9 Å². The van der Waals surface area contributed by atoms with E-state index in [2.05, 4.69) is 18.8 Å². The number of carboxylic acid groups (broad SMARTS) is 1. The molecule has 0 amide bonds. The molecule has 1 aromatic heterocycles. The number of rotatable bonds is 3. The summed E-state index contributed by atoms with van der Waals surface area (Å²) in [7, 11) is 0. The van der Waals surface area contributed by atoms with Gasteiger partial charge in [0.25, 0.3) is 0 Å². The Morgan fingerprint density at radius 2 is 2.06 bits per heavy atom. The molecule has 2 rings (SSSR count). The first-order valence-electron chi connectivity index (χ1n) is 6.27. The number of nitrogens with zero attached hydrogens (tertiary/aromatic N) is 1. The summed E-state index contributed by atoms with van der Waals surface area (Å²) in [6.07, 6.45) is 5.13. The molecule has 3 heteroatoms. The third-order valence-corrected chi connectivity index (χ3v) is 3.78. The van der Waals surface area contributed by atoms with Crippen molar-refractivity contribution in [1.82, 2.24) is 4.98 Å². The van der Waals surface area contributed by atoms with E-state index in [1.54, 1.807) is 6.20 Å². The van der Waals surface area contributed by atoms with Crippen LogP contribution in [0, 0.1) is 0 Å². The largest absolute Gasteiger partial charge is 0.481 e. The minimum absolute atomic E-state index is 0.315. The fourth-order valence-corrected chi connectivity index (χ4v) is 2.81. The van der Waals surface area contributed by atoms with Crippen LogP contribution in [0.5, 0.6) is 0 Å². The van der Waals surface area contributed by atoms with Crippen molar-refractivity contribution in [3.63, 3.8) is 0 Å². The van der Waals surface area contributed by atoms with E-state index in [4.69, 9.17) is 0 Å². The maximum Gasteiger partial charge on any atom is 0.315 e. The number of hydrogen-bond acceptors (Lipinski definition) is 2. The predicted octanol–water partition coefficient (Wildman–Crippen LogP) is 3.10. The van der Waals surface area contributed by atoms with Crippen molar-refractivity contribution in [2.24, 2.45) is 0 Å². The van der Waals surface area contributed by atoms with Crippen LogP contribution in [-0.2, 0) is 10.2 Å². The monoisotopic (exact) mass is 233 g/mol. The second kappa shape index (κ2) is 4.47. The highest BCUT2D eigenvalue weighted by Gasteiger charge is 2.45. The zero-order chi connectivity index (χ0) is 12.5.